The van der Waals surface area contributed by atoms with E-state index in [0.717, 1.165) is 12.8 Å². The number of carboxylic acid groups (broad SMARTS) is 1. The van der Waals surface area contributed by atoms with Gasteiger partial charge in [0.15, 0.2) is 0 Å². The van der Waals surface area contributed by atoms with E-state index in [-0.39, 0.29) is 11.8 Å². The van der Waals surface area contributed by atoms with Crippen LogP contribution in [-0.2, 0) is 9.59 Å². The largest absolute Gasteiger partial charge is 0.481 e. The monoisotopic (exact) mass is 282 g/mol. The normalized spacial score (nSPS) is 22.8. The second kappa shape index (κ2) is 6.02. The van der Waals surface area contributed by atoms with Crippen LogP contribution in [0.25, 0.3) is 0 Å². The lowest BCUT2D eigenvalue weighted by atomic mass is 9.81. The number of aliphatic carboxylic acids is 1. The van der Waals surface area contributed by atoms with Crippen LogP contribution >= 0.6 is 11.6 Å². The number of hydrogen-bond donors (Lipinski definition) is 2. The van der Waals surface area contributed by atoms with Gasteiger partial charge >= 0.3 is 5.97 Å². The van der Waals surface area contributed by atoms with Gasteiger partial charge in [-0.25, -0.2) is 4.98 Å². The van der Waals surface area contributed by atoms with Crippen molar-refractivity contribution in [3.05, 3.63) is 23.4 Å². The molecule has 1 heterocycles. The zero-order chi connectivity index (χ0) is 13.8. The van der Waals surface area contributed by atoms with Gasteiger partial charge in [0.2, 0.25) is 5.91 Å². The summed E-state index contributed by atoms with van der Waals surface area (Å²) in [5.74, 6) is -1.22. The van der Waals surface area contributed by atoms with Crippen molar-refractivity contribution < 1.29 is 14.7 Å². The molecule has 1 saturated carbocycles. The minimum Gasteiger partial charge on any atom is -0.481 e. The summed E-state index contributed by atoms with van der Waals surface area (Å²) in [5, 5.41) is 12.2. The Kier molecular flexibility index (Phi) is 4.37. The van der Waals surface area contributed by atoms with Crippen molar-refractivity contribution in [1.82, 2.24) is 4.98 Å². The van der Waals surface area contributed by atoms with E-state index in [0.29, 0.717) is 23.7 Å². The minimum atomic E-state index is -0.817. The number of amides is 1. The van der Waals surface area contributed by atoms with Gasteiger partial charge in [-0.2, -0.15) is 0 Å². The van der Waals surface area contributed by atoms with Crippen LogP contribution in [0, 0.1) is 11.8 Å². The summed E-state index contributed by atoms with van der Waals surface area (Å²) in [5.41, 5.74) is 0. The summed E-state index contributed by atoms with van der Waals surface area (Å²) in [6, 6.07) is 3.27. The number of carbonyl (C=O) groups excluding carboxylic acids is 1. The Balaban J connectivity index is 1.96. The first-order valence-electron chi connectivity index (χ1n) is 6.21. The molecule has 19 heavy (non-hydrogen) atoms. The van der Waals surface area contributed by atoms with E-state index in [1.54, 1.807) is 12.1 Å². The Hall–Kier alpha value is -1.62. The molecule has 1 aromatic heterocycles. The Morgan fingerprint density at radius 1 is 1.32 bits per heavy atom. The first-order chi connectivity index (χ1) is 9.06. The van der Waals surface area contributed by atoms with Crippen LogP contribution in [0.2, 0.25) is 5.02 Å². The molecule has 0 spiro atoms. The molecule has 1 fully saturated rings. The van der Waals surface area contributed by atoms with Crippen molar-refractivity contribution in [2.45, 2.75) is 25.7 Å². The molecule has 102 valence electrons. The van der Waals surface area contributed by atoms with Crippen LogP contribution in [-0.4, -0.2) is 22.0 Å². The van der Waals surface area contributed by atoms with Crippen molar-refractivity contribution in [3.8, 4) is 0 Å². The molecule has 0 aliphatic heterocycles. The first-order valence-corrected chi connectivity index (χ1v) is 6.59. The molecule has 0 saturated heterocycles. The number of aromatic nitrogens is 1. The molecular formula is C13H15ClN2O3. The van der Waals surface area contributed by atoms with E-state index < -0.39 is 11.9 Å². The fraction of sp³-hybridized carbons (Fsp3) is 0.462. The highest BCUT2D eigenvalue weighted by Gasteiger charge is 2.31. The van der Waals surface area contributed by atoms with E-state index in [9.17, 15) is 9.59 Å². The van der Waals surface area contributed by atoms with Gasteiger partial charge in [0.05, 0.1) is 10.9 Å². The van der Waals surface area contributed by atoms with Crippen LogP contribution in [0.4, 0.5) is 5.82 Å². The van der Waals surface area contributed by atoms with Crippen LogP contribution in [0.15, 0.2) is 18.3 Å². The third-order valence-corrected chi connectivity index (χ3v) is 3.60. The number of carbonyl (C=O) groups is 2. The van der Waals surface area contributed by atoms with Gasteiger partial charge in [-0.3, -0.25) is 9.59 Å². The van der Waals surface area contributed by atoms with Crippen molar-refractivity contribution in [3.63, 3.8) is 0 Å². The second-order valence-electron chi connectivity index (χ2n) is 4.75. The second-order valence-corrected chi connectivity index (χ2v) is 5.19. The van der Waals surface area contributed by atoms with E-state index >= 15 is 0 Å². The van der Waals surface area contributed by atoms with Gasteiger partial charge in [-0.05, 0) is 31.4 Å². The molecule has 2 atom stereocenters. The molecule has 1 aliphatic carbocycles. The minimum absolute atomic E-state index is 0.166. The van der Waals surface area contributed by atoms with Gasteiger partial charge in [-0.1, -0.05) is 18.0 Å². The number of halogens is 1. The van der Waals surface area contributed by atoms with E-state index in [1.807, 2.05) is 0 Å². The zero-order valence-electron chi connectivity index (χ0n) is 10.3. The molecule has 2 unspecified atom stereocenters. The molecule has 5 nitrogen and oxygen atoms in total. The fourth-order valence-electron chi connectivity index (χ4n) is 2.33. The average molecular weight is 283 g/mol. The molecule has 1 aromatic rings. The molecular weight excluding hydrogens is 268 g/mol. The van der Waals surface area contributed by atoms with Gasteiger partial charge < -0.3 is 10.4 Å². The number of rotatable bonds is 3. The van der Waals surface area contributed by atoms with Crippen molar-refractivity contribution >= 4 is 29.3 Å². The Labute approximate surface area is 116 Å². The maximum atomic E-state index is 12.0. The smallest absolute Gasteiger partial charge is 0.306 e. The van der Waals surface area contributed by atoms with Crippen molar-refractivity contribution in [2.75, 3.05) is 5.32 Å². The molecule has 1 amide bonds. The van der Waals surface area contributed by atoms with Gasteiger partial charge in [0, 0.05) is 12.1 Å². The maximum Gasteiger partial charge on any atom is 0.306 e. The predicted octanol–water partition coefficient (Wildman–Crippen LogP) is 2.56. The SMILES string of the molecule is O=C(O)C1CCCC(C(=O)Nc2ccc(Cl)cn2)C1. The first kappa shape index (κ1) is 13.8. The van der Waals surface area contributed by atoms with E-state index in [4.69, 9.17) is 16.7 Å². The lowest BCUT2D eigenvalue weighted by Crippen LogP contribution is -2.31. The third-order valence-electron chi connectivity index (χ3n) is 3.37. The number of pyridine rings is 1. The van der Waals surface area contributed by atoms with Crippen LogP contribution in [0.5, 0.6) is 0 Å². The Morgan fingerprint density at radius 3 is 2.68 bits per heavy atom. The number of nitrogens with zero attached hydrogens (tertiary/aromatic N) is 1. The molecule has 2 N–H and O–H groups in total. The average Bonchev–Trinajstić information content (AvgIpc) is 2.41. The maximum absolute atomic E-state index is 12.0. The Morgan fingerprint density at radius 2 is 2.05 bits per heavy atom. The molecule has 1 aliphatic rings. The quantitative estimate of drug-likeness (QED) is 0.893. The molecule has 0 radical (unpaired) electrons. The molecule has 2 rings (SSSR count). The summed E-state index contributed by atoms with van der Waals surface area (Å²) in [7, 11) is 0. The van der Waals surface area contributed by atoms with Crippen LogP contribution in [0.3, 0.4) is 0 Å². The van der Waals surface area contributed by atoms with E-state index in [2.05, 4.69) is 10.3 Å². The highest BCUT2D eigenvalue weighted by atomic mass is 35.5. The number of hydrogen-bond acceptors (Lipinski definition) is 3. The van der Waals surface area contributed by atoms with Gasteiger partial charge in [0.25, 0.3) is 0 Å². The number of anilines is 1. The predicted molar refractivity (Wildman–Crippen MR) is 71.0 cm³/mol. The Bertz CT molecular complexity index is 475. The summed E-state index contributed by atoms with van der Waals surface area (Å²) in [6.07, 6.45) is 4.00. The summed E-state index contributed by atoms with van der Waals surface area (Å²) >= 11 is 5.71. The van der Waals surface area contributed by atoms with E-state index in [1.165, 1.54) is 6.20 Å². The third kappa shape index (κ3) is 3.67. The molecule has 0 aromatic carbocycles. The van der Waals surface area contributed by atoms with Crippen LogP contribution < -0.4 is 5.32 Å². The van der Waals surface area contributed by atoms with Gasteiger partial charge in [0.1, 0.15) is 5.82 Å². The fourth-order valence-corrected chi connectivity index (χ4v) is 2.44. The summed E-state index contributed by atoms with van der Waals surface area (Å²) < 4.78 is 0. The number of carboxylic acids is 1. The summed E-state index contributed by atoms with van der Waals surface area (Å²) in [4.78, 5) is 27.0. The highest BCUT2D eigenvalue weighted by molar-refractivity contribution is 6.30. The van der Waals surface area contributed by atoms with Gasteiger partial charge in [-0.15, -0.1) is 0 Å². The molecule has 0 bridgehead atoms. The molecule has 6 heteroatoms. The van der Waals surface area contributed by atoms with Crippen molar-refractivity contribution in [2.24, 2.45) is 11.8 Å². The lowest BCUT2D eigenvalue weighted by molar-refractivity contribution is -0.143. The highest BCUT2D eigenvalue weighted by Crippen LogP contribution is 2.30. The van der Waals surface area contributed by atoms with Crippen LogP contribution in [0.1, 0.15) is 25.7 Å². The zero-order valence-corrected chi connectivity index (χ0v) is 11.1. The lowest BCUT2D eigenvalue weighted by Gasteiger charge is -2.25. The standard InChI is InChI=1S/C13H15ClN2O3/c14-10-4-5-11(15-7-10)16-12(17)8-2-1-3-9(6-8)13(18)19/h4-5,7-9H,1-3,6H2,(H,18,19)(H,15,16,17). The topological polar surface area (TPSA) is 79.3 Å². The van der Waals surface area contributed by atoms with Crippen molar-refractivity contribution in [1.29, 1.82) is 0 Å². The number of nitrogens with one attached hydrogen (secondary N) is 1. The summed E-state index contributed by atoms with van der Waals surface area (Å²) in [6.45, 7) is 0.